The van der Waals surface area contributed by atoms with E-state index in [4.69, 9.17) is 4.74 Å². The monoisotopic (exact) mass is 490 g/mol. The smallest absolute Gasteiger partial charge is 0.119 e. The van der Waals surface area contributed by atoms with E-state index in [1.165, 1.54) is 68.3 Å². The fourth-order valence-corrected chi connectivity index (χ4v) is 8.53. The van der Waals surface area contributed by atoms with E-state index in [1.807, 2.05) is 0 Å². The molecule has 1 saturated carbocycles. The van der Waals surface area contributed by atoms with Gasteiger partial charge >= 0.3 is 0 Å². The van der Waals surface area contributed by atoms with Crippen LogP contribution in [0.5, 0.6) is 5.75 Å². The van der Waals surface area contributed by atoms with Crippen molar-refractivity contribution in [2.75, 3.05) is 12.9 Å². The summed E-state index contributed by atoms with van der Waals surface area (Å²) in [6.45, 7) is 0.846. The number of hydrogen-bond donors (Lipinski definition) is 0. The Bertz CT molecular complexity index is 1400. The second-order valence-corrected chi connectivity index (χ2v) is 13.5. The predicted molar refractivity (Wildman–Crippen MR) is 155 cm³/mol. The van der Waals surface area contributed by atoms with Crippen LogP contribution in [0.15, 0.2) is 124 Å². The minimum Gasteiger partial charge on any atom is -0.493 e. The Hall–Kier alpha value is -3.23. The van der Waals surface area contributed by atoms with E-state index in [9.17, 15) is 0 Å². The predicted octanol–water partition coefficient (Wildman–Crippen LogP) is 9.86. The SMILES string of the molecule is CS(c1ccc(OCC2CCCCC2)cc1)(c1ccc2ccccc2c1)c1ccc2ccccc2c1. The molecule has 1 fully saturated rings. The molecule has 36 heavy (non-hydrogen) atoms. The Kier molecular flexibility index (Phi) is 6.46. The lowest BCUT2D eigenvalue weighted by molar-refractivity contribution is 0.209. The van der Waals surface area contributed by atoms with Crippen LogP contribution in [0, 0.1) is 5.92 Å². The van der Waals surface area contributed by atoms with Crippen molar-refractivity contribution in [2.24, 2.45) is 5.92 Å². The van der Waals surface area contributed by atoms with Gasteiger partial charge in [-0.25, -0.2) is 0 Å². The van der Waals surface area contributed by atoms with Crippen LogP contribution in [0.1, 0.15) is 32.1 Å². The second-order valence-electron chi connectivity index (χ2n) is 10.2. The fourth-order valence-electron chi connectivity index (χ4n) is 5.63. The number of ether oxygens (including phenoxy) is 1. The van der Waals surface area contributed by atoms with Gasteiger partial charge in [-0.15, -0.1) is 0 Å². The van der Waals surface area contributed by atoms with Crippen molar-refractivity contribution >= 4 is 31.6 Å². The first-order valence-electron chi connectivity index (χ1n) is 13.2. The molecule has 1 nitrogen and oxygen atoms in total. The third-order valence-electron chi connectivity index (χ3n) is 7.89. The van der Waals surface area contributed by atoms with Gasteiger partial charge < -0.3 is 4.74 Å². The average molecular weight is 491 g/mol. The maximum atomic E-state index is 6.25. The van der Waals surface area contributed by atoms with Crippen LogP contribution in [-0.2, 0) is 0 Å². The van der Waals surface area contributed by atoms with Crippen LogP contribution >= 0.6 is 10.0 Å². The highest BCUT2D eigenvalue weighted by atomic mass is 32.3. The summed E-state index contributed by atoms with van der Waals surface area (Å²) in [5.74, 6) is 1.70. The molecule has 2 heteroatoms. The Balaban J connectivity index is 1.40. The molecule has 0 spiro atoms. The van der Waals surface area contributed by atoms with E-state index in [1.54, 1.807) is 0 Å². The average Bonchev–Trinajstić information content (AvgIpc) is 2.96. The molecule has 0 aromatic heterocycles. The Morgan fingerprint density at radius 1 is 0.583 bits per heavy atom. The zero-order valence-corrected chi connectivity index (χ0v) is 21.8. The van der Waals surface area contributed by atoms with Gasteiger partial charge in [0.25, 0.3) is 0 Å². The standard InChI is InChI=1S/C34H34OS/c1-36(33-19-15-27-11-5-7-13-29(27)23-33,34-20-16-28-12-6-8-14-30(28)24-34)32-21-17-31(18-22-32)35-25-26-9-3-2-4-10-26/h5-8,11-24,26H,2-4,9-10,25H2,1H3. The van der Waals surface area contributed by atoms with Crippen LogP contribution in [0.2, 0.25) is 0 Å². The molecule has 5 aromatic rings. The molecule has 0 radical (unpaired) electrons. The van der Waals surface area contributed by atoms with Gasteiger partial charge in [0, 0.05) is 0 Å². The summed E-state index contributed by atoms with van der Waals surface area (Å²) >= 11 is 0. The van der Waals surface area contributed by atoms with Crippen molar-refractivity contribution < 1.29 is 4.74 Å². The first-order chi connectivity index (χ1) is 17.7. The molecule has 5 aromatic carbocycles. The molecule has 0 N–H and O–H groups in total. The van der Waals surface area contributed by atoms with Gasteiger partial charge in [0.05, 0.1) is 6.61 Å². The fraction of sp³-hybridized carbons (Fsp3) is 0.235. The normalized spacial score (nSPS) is 15.2. The molecule has 1 aliphatic carbocycles. The topological polar surface area (TPSA) is 9.23 Å². The summed E-state index contributed by atoms with van der Waals surface area (Å²) in [5, 5.41) is 5.16. The second kappa shape index (κ2) is 10.0. The van der Waals surface area contributed by atoms with E-state index in [2.05, 4.69) is 115 Å². The van der Waals surface area contributed by atoms with E-state index in [0.717, 1.165) is 12.4 Å². The van der Waals surface area contributed by atoms with Crippen molar-refractivity contribution in [3.05, 3.63) is 109 Å². The zero-order valence-electron chi connectivity index (χ0n) is 21.0. The summed E-state index contributed by atoms with van der Waals surface area (Å²) in [5.41, 5.74) is 0. The van der Waals surface area contributed by atoms with Crippen LogP contribution < -0.4 is 4.74 Å². The van der Waals surface area contributed by atoms with Crippen molar-refractivity contribution in [3.8, 4) is 5.75 Å². The zero-order chi connectivity index (χ0) is 24.4. The van der Waals surface area contributed by atoms with E-state index >= 15 is 0 Å². The summed E-state index contributed by atoms with van der Waals surface area (Å²) in [6, 6.07) is 40.3. The molecule has 0 unspecified atom stereocenters. The lowest BCUT2D eigenvalue weighted by Crippen LogP contribution is -2.15. The molecule has 6 rings (SSSR count). The van der Waals surface area contributed by atoms with E-state index in [0.29, 0.717) is 5.92 Å². The van der Waals surface area contributed by atoms with Gasteiger partial charge in [-0.2, -0.15) is 10.0 Å². The number of hydrogen-bond acceptors (Lipinski definition) is 1. The maximum Gasteiger partial charge on any atom is 0.119 e. The van der Waals surface area contributed by atoms with Crippen LogP contribution in [0.4, 0.5) is 0 Å². The van der Waals surface area contributed by atoms with Crippen LogP contribution in [0.3, 0.4) is 0 Å². The number of rotatable bonds is 6. The highest BCUT2D eigenvalue weighted by Crippen LogP contribution is 2.66. The molecule has 182 valence electrons. The molecule has 0 heterocycles. The third-order valence-corrected chi connectivity index (χ3v) is 11.5. The van der Waals surface area contributed by atoms with Gasteiger partial charge in [0.15, 0.2) is 0 Å². The molecular formula is C34H34OS. The number of benzene rings is 5. The third kappa shape index (κ3) is 4.51. The Morgan fingerprint density at radius 3 is 1.64 bits per heavy atom. The van der Waals surface area contributed by atoms with Crippen LogP contribution in [0.25, 0.3) is 21.5 Å². The van der Waals surface area contributed by atoms with Crippen molar-refractivity contribution in [1.82, 2.24) is 0 Å². The Morgan fingerprint density at radius 2 is 1.08 bits per heavy atom. The Labute approximate surface area is 216 Å². The quantitative estimate of drug-likeness (QED) is 0.230. The van der Waals surface area contributed by atoms with Gasteiger partial charge in [-0.3, -0.25) is 0 Å². The molecule has 0 aliphatic heterocycles. The van der Waals surface area contributed by atoms with Gasteiger partial charge in [-0.1, -0.05) is 79.9 Å². The van der Waals surface area contributed by atoms with E-state index in [-0.39, 0.29) is 0 Å². The maximum absolute atomic E-state index is 6.25. The van der Waals surface area contributed by atoms with Gasteiger partial charge in [0.1, 0.15) is 5.75 Å². The van der Waals surface area contributed by atoms with Crippen molar-refractivity contribution in [3.63, 3.8) is 0 Å². The molecular weight excluding hydrogens is 456 g/mol. The highest BCUT2D eigenvalue weighted by molar-refractivity contribution is 8.33. The first-order valence-corrected chi connectivity index (χ1v) is 15.2. The molecule has 0 bridgehead atoms. The van der Waals surface area contributed by atoms with E-state index < -0.39 is 10.0 Å². The van der Waals surface area contributed by atoms with Gasteiger partial charge in [-0.05, 0) is 110 Å². The van der Waals surface area contributed by atoms with Gasteiger partial charge in [0.2, 0.25) is 0 Å². The lowest BCUT2D eigenvalue weighted by atomic mass is 9.90. The molecule has 0 saturated heterocycles. The minimum atomic E-state index is -1.47. The summed E-state index contributed by atoms with van der Waals surface area (Å²) in [6.07, 6.45) is 9.15. The molecule has 0 atom stereocenters. The largest absolute Gasteiger partial charge is 0.493 e. The summed E-state index contributed by atoms with van der Waals surface area (Å²) in [7, 11) is -1.47. The lowest BCUT2D eigenvalue weighted by Gasteiger charge is -2.38. The molecule has 1 aliphatic rings. The van der Waals surface area contributed by atoms with Crippen molar-refractivity contribution in [1.29, 1.82) is 0 Å². The van der Waals surface area contributed by atoms with Crippen LogP contribution in [-0.4, -0.2) is 12.9 Å². The van der Waals surface area contributed by atoms with Crippen molar-refractivity contribution in [2.45, 2.75) is 46.8 Å². The molecule has 0 amide bonds. The summed E-state index contributed by atoms with van der Waals surface area (Å²) < 4.78 is 6.25. The first kappa shape index (κ1) is 23.2. The minimum absolute atomic E-state index is 0.713. The number of fused-ring (bicyclic) bond motifs is 2. The summed E-state index contributed by atoms with van der Waals surface area (Å²) in [4.78, 5) is 4.12. The highest BCUT2D eigenvalue weighted by Gasteiger charge is 2.27.